The zero-order valence-electron chi connectivity index (χ0n) is 19.9. The predicted molar refractivity (Wildman–Crippen MR) is 138 cm³/mol. The van der Waals surface area contributed by atoms with Crippen molar-refractivity contribution in [2.24, 2.45) is 5.73 Å². The molecule has 0 aliphatic heterocycles. The largest absolute Gasteiger partial charge is 0.486 e. The topological polar surface area (TPSA) is 121 Å². The van der Waals surface area contributed by atoms with E-state index < -0.39 is 23.7 Å². The van der Waals surface area contributed by atoms with Crippen LogP contribution in [0.4, 0.5) is 18.9 Å². The smallest absolute Gasteiger partial charge is 0.433 e. The average Bonchev–Trinajstić information content (AvgIpc) is 3.64. The number of amides is 2. The molecule has 0 spiro atoms. The number of benzene rings is 1. The highest BCUT2D eigenvalue weighted by Gasteiger charge is 2.35. The highest BCUT2D eigenvalue weighted by atomic mass is 35.5. The lowest BCUT2D eigenvalue weighted by molar-refractivity contribution is -0.140. The van der Waals surface area contributed by atoms with E-state index in [1.165, 1.54) is 30.5 Å². The van der Waals surface area contributed by atoms with Crippen LogP contribution in [0.25, 0.3) is 21.5 Å². The van der Waals surface area contributed by atoms with Gasteiger partial charge in [-0.3, -0.25) is 9.59 Å². The minimum absolute atomic E-state index is 0.00898. The Balaban J connectivity index is 1.48. The van der Waals surface area contributed by atoms with Crippen LogP contribution in [0.5, 0.6) is 5.75 Å². The van der Waals surface area contributed by atoms with Crippen molar-refractivity contribution in [3.05, 3.63) is 87.5 Å². The van der Waals surface area contributed by atoms with E-state index in [2.05, 4.69) is 10.3 Å². The average molecular weight is 576 g/mol. The first kappa shape index (κ1) is 26.3. The summed E-state index contributed by atoms with van der Waals surface area (Å²) in [5.74, 6) is -0.908. The molecule has 4 aromatic heterocycles. The van der Waals surface area contributed by atoms with Gasteiger partial charge in [-0.15, -0.1) is 11.3 Å². The molecule has 200 valence electrons. The number of pyridine rings is 1. The molecule has 1 aromatic carbocycles. The summed E-state index contributed by atoms with van der Waals surface area (Å²) in [4.78, 5) is 28.6. The molecule has 8 nitrogen and oxygen atoms in total. The molecule has 39 heavy (non-hydrogen) atoms. The van der Waals surface area contributed by atoms with Crippen LogP contribution in [0.3, 0.4) is 0 Å². The second kappa shape index (κ2) is 10.1. The van der Waals surface area contributed by atoms with Crippen molar-refractivity contribution in [3.63, 3.8) is 0 Å². The number of nitrogens with one attached hydrogen (secondary N) is 1. The summed E-state index contributed by atoms with van der Waals surface area (Å²) in [5.41, 5.74) is 5.01. The van der Waals surface area contributed by atoms with Gasteiger partial charge in [0.1, 0.15) is 39.3 Å². The van der Waals surface area contributed by atoms with Crippen LogP contribution in [0.15, 0.2) is 63.6 Å². The summed E-state index contributed by atoms with van der Waals surface area (Å²) in [6.07, 6.45) is -3.49. The lowest BCUT2D eigenvalue weighted by atomic mass is 10.1. The van der Waals surface area contributed by atoms with Crippen molar-refractivity contribution in [1.29, 1.82) is 0 Å². The lowest BCUT2D eigenvalue weighted by Crippen LogP contribution is -2.16. The number of ether oxygens (including phenoxy) is 1. The van der Waals surface area contributed by atoms with Gasteiger partial charge in [0.25, 0.3) is 11.8 Å². The van der Waals surface area contributed by atoms with Crippen molar-refractivity contribution < 1.29 is 36.3 Å². The second-order valence-corrected chi connectivity index (χ2v) is 9.71. The summed E-state index contributed by atoms with van der Waals surface area (Å²) < 4.78 is 57.3. The van der Waals surface area contributed by atoms with E-state index in [9.17, 15) is 22.8 Å². The number of halogens is 4. The third kappa shape index (κ3) is 5.33. The number of hydrogen-bond donors (Lipinski definition) is 2. The normalized spacial score (nSPS) is 11.6. The van der Waals surface area contributed by atoms with Gasteiger partial charge in [-0.1, -0.05) is 11.6 Å². The van der Waals surface area contributed by atoms with Crippen LogP contribution in [0.2, 0.25) is 5.02 Å². The Morgan fingerprint density at radius 3 is 2.64 bits per heavy atom. The molecule has 0 fully saturated rings. The molecule has 0 saturated carbocycles. The van der Waals surface area contributed by atoms with E-state index in [4.69, 9.17) is 30.9 Å². The number of rotatable bonds is 7. The monoisotopic (exact) mass is 575 g/mol. The Morgan fingerprint density at radius 1 is 1.18 bits per heavy atom. The summed E-state index contributed by atoms with van der Waals surface area (Å²) in [7, 11) is 0. The summed E-state index contributed by atoms with van der Waals surface area (Å²) >= 11 is 6.64. The fourth-order valence-corrected chi connectivity index (χ4v) is 4.90. The second-order valence-electron chi connectivity index (χ2n) is 8.30. The molecule has 0 unspecified atom stereocenters. The van der Waals surface area contributed by atoms with Crippen LogP contribution in [0.1, 0.15) is 37.2 Å². The highest BCUT2D eigenvalue weighted by Crippen LogP contribution is 2.44. The molecule has 0 saturated heterocycles. The molecule has 0 atom stereocenters. The molecule has 13 heteroatoms. The van der Waals surface area contributed by atoms with Gasteiger partial charge in [0.05, 0.1) is 12.0 Å². The first-order chi connectivity index (χ1) is 18.5. The minimum atomic E-state index is -4.77. The summed E-state index contributed by atoms with van der Waals surface area (Å²) in [5, 5.41) is 3.21. The molecule has 0 bridgehead atoms. The number of hydrogen-bond acceptors (Lipinski definition) is 7. The number of fused-ring (bicyclic) bond motifs is 1. The van der Waals surface area contributed by atoms with Crippen LogP contribution < -0.4 is 15.8 Å². The number of nitrogens with zero attached hydrogens (tertiary/aromatic N) is 1. The standard InChI is InChI=1S/C26H17ClF3N3O5S/c1-12-9-13(4-6-16(12)27)37-11-14-5-7-18(38-14)24(35)33-21-20-15(17-3-2-8-36-17)10-19(26(28,29)30)32-25(20)39-22(21)23(31)34/h2-10H,11H2,1H3,(H2,31,34)(H,33,35). The molecule has 5 rings (SSSR count). The number of alkyl halides is 3. The zero-order chi connectivity index (χ0) is 27.9. The summed E-state index contributed by atoms with van der Waals surface area (Å²) in [6.45, 7) is 1.84. The van der Waals surface area contributed by atoms with E-state index in [0.29, 0.717) is 27.9 Å². The number of anilines is 1. The Morgan fingerprint density at radius 2 is 1.97 bits per heavy atom. The molecule has 0 aliphatic rings. The van der Waals surface area contributed by atoms with Crippen molar-refractivity contribution >= 4 is 50.7 Å². The lowest BCUT2D eigenvalue weighted by Gasteiger charge is -2.10. The fourth-order valence-electron chi connectivity index (χ4n) is 3.78. The molecule has 3 N–H and O–H groups in total. The molecule has 0 aliphatic carbocycles. The maximum Gasteiger partial charge on any atom is 0.433 e. The first-order valence-electron chi connectivity index (χ1n) is 11.2. The molecule has 0 radical (unpaired) electrons. The zero-order valence-corrected chi connectivity index (χ0v) is 21.5. The number of furan rings is 2. The minimum Gasteiger partial charge on any atom is -0.486 e. The van der Waals surface area contributed by atoms with E-state index in [-0.39, 0.29) is 44.5 Å². The van der Waals surface area contributed by atoms with E-state index in [0.717, 1.165) is 11.6 Å². The van der Waals surface area contributed by atoms with E-state index >= 15 is 0 Å². The van der Waals surface area contributed by atoms with Gasteiger partial charge >= 0.3 is 6.18 Å². The molecular formula is C26H17ClF3N3O5S. The van der Waals surface area contributed by atoms with Gasteiger partial charge in [0.2, 0.25) is 0 Å². The maximum absolute atomic E-state index is 13.6. The third-order valence-corrected chi connectivity index (χ3v) is 7.12. The van der Waals surface area contributed by atoms with Crippen molar-refractivity contribution in [2.75, 3.05) is 5.32 Å². The third-order valence-electron chi connectivity index (χ3n) is 5.60. The Kier molecular flexibility index (Phi) is 6.83. The molecule has 2 amide bonds. The Hall–Kier alpha value is -4.29. The van der Waals surface area contributed by atoms with Crippen LogP contribution >= 0.6 is 22.9 Å². The fraction of sp³-hybridized carbons (Fsp3) is 0.115. The van der Waals surface area contributed by atoms with Crippen molar-refractivity contribution in [2.45, 2.75) is 19.7 Å². The van der Waals surface area contributed by atoms with Gasteiger partial charge in [0, 0.05) is 16.0 Å². The number of primary amides is 1. The maximum atomic E-state index is 13.6. The number of aromatic nitrogens is 1. The SMILES string of the molecule is Cc1cc(OCc2ccc(C(=O)Nc3c(C(N)=O)sc4nc(C(F)(F)F)cc(-c5ccco5)c34)o2)ccc1Cl. The van der Waals surface area contributed by atoms with Crippen LogP contribution in [-0.4, -0.2) is 16.8 Å². The van der Waals surface area contributed by atoms with Gasteiger partial charge in [0.15, 0.2) is 5.76 Å². The highest BCUT2D eigenvalue weighted by molar-refractivity contribution is 7.21. The van der Waals surface area contributed by atoms with Crippen molar-refractivity contribution in [3.8, 4) is 17.1 Å². The Labute approximate surface area is 227 Å². The number of thiophene rings is 1. The number of aryl methyl sites for hydroxylation is 1. The van der Waals surface area contributed by atoms with Gasteiger partial charge in [-0.05, 0) is 61.0 Å². The molecule has 5 aromatic rings. The molecular weight excluding hydrogens is 559 g/mol. The number of carbonyl (C=O) groups is 2. The van der Waals surface area contributed by atoms with E-state index in [1.54, 1.807) is 18.2 Å². The van der Waals surface area contributed by atoms with Gasteiger partial charge in [-0.25, -0.2) is 4.98 Å². The number of nitrogens with two attached hydrogens (primary N) is 1. The quantitative estimate of drug-likeness (QED) is 0.214. The molecule has 4 heterocycles. The Bertz CT molecular complexity index is 1710. The van der Waals surface area contributed by atoms with Crippen molar-refractivity contribution in [1.82, 2.24) is 4.98 Å². The van der Waals surface area contributed by atoms with E-state index in [1.807, 2.05) is 6.92 Å². The van der Waals surface area contributed by atoms with Gasteiger partial charge in [-0.2, -0.15) is 13.2 Å². The number of carbonyl (C=O) groups excluding carboxylic acids is 2. The van der Waals surface area contributed by atoms with Crippen LogP contribution in [-0.2, 0) is 12.8 Å². The predicted octanol–water partition coefficient (Wildman–Crippen LogP) is 7.06. The first-order valence-corrected chi connectivity index (χ1v) is 12.4. The van der Waals surface area contributed by atoms with Gasteiger partial charge < -0.3 is 24.6 Å². The summed E-state index contributed by atoms with van der Waals surface area (Å²) in [6, 6.07) is 11.8. The van der Waals surface area contributed by atoms with Crippen LogP contribution in [0, 0.1) is 6.92 Å².